The summed E-state index contributed by atoms with van der Waals surface area (Å²) in [5, 5.41) is 0. The molecule has 0 bridgehead atoms. The van der Waals surface area contributed by atoms with Gasteiger partial charge in [-0.25, -0.2) is 0 Å². The van der Waals surface area contributed by atoms with Crippen LogP contribution < -0.4 is 9.80 Å². The van der Waals surface area contributed by atoms with E-state index in [1.54, 1.807) is 0 Å². The Morgan fingerprint density at radius 3 is 1.62 bits per heavy atom. The van der Waals surface area contributed by atoms with Crippen molar-refractivity contribution in [3.63, 3.8) is 0 Å². The van der Waals surface area contributed by atoms with Crippen molar-refractivity contribution >= 4 is 11.4 Å². The highest BCUT2D eigenvalue weighted by Gasteiger charge is 2.33. The SMILES string of the molecule is CN1c2ccccc2CC1CC1Cc2ccccc2N1C. The first-order chi connectivity index (χ1) is 10.2. The summed E-state index contributed by atoms with van der Waals surface area (Å²) in [6.45, 7) is 0. The fourth-order valence-electron chi connectivity index (χ4n) is 4.03. The topological polar surface area (TPSA) is 6.48 Å². The lowest BCUT2D eigenvalue weighted by atomic mass is 10.00. The van der Waals surface area contributed by atoms with Crippen LogP contribution in [0.15, 0.2) is 48.5 Å². The molecule has 0 fully saturated rings. The quantitative estimate of drug-likeness (QED) is 0.829. The first-order valence-electron chi connectivity index (χ1n) is 7.85. The van der Waals surface area contributed by atoms with Gasteiger partial charge in [-0.2, -0.15) is 0 Å². The number of fused-ring (bicyclic) bond motifs is 2. The van der Waals surface area contributed by atoms with Crippen molar-refractivity contribution in [2.24, 2.45) is 0 Å². The third-order valence-electron chi connectivity index (χ3n) is 5.29. The molecule has 2 aromatic carbocycles. The molecule has 2 aromatic rings. The number of rotatable bonds is 2. The molecule has 0 spiro atoms. The van der Waals surface area contributed by atoms with Crippen LogP contribution in [0.1, 0.15) is 17.5 Å². The molecule has 21 heavy (non-hydrogen) atoms. The molecule has 0 radical (unpaired) electrons. The monoisotopic (exact) mass is 278 g/mol. The summed E-state index contributed by atoms with van der Waals surface area (Å²) < 4.78 is 0. The second-order valence-electron chi connectivity index (χ2n) is 6.43. The van der Waals surface area contributed by atoms with E-state index < -0.39 is 0 Å². The Kier molecular flexibility index (Phi) is 2.91. The summed E-state index contributed by atoms with van der Waals surface area (Å²) >= 11 is 0. The maximum Gasteiger partial charge on any atom is 0.0399 e. The van der Waals surface area contributed by atoms with Crippen LogP contribution in [0.3, 0.4) is 0 Å². The van der Waals surface area contributed by atoms with E-state index in [9.17, 15) is 0 Å². The van der Waals surface area contributed by atoms with Gasteiger partial charge in [-0.05, 0) is 42.5 Å². The normalized spacial score (nSPS) is 23.3. The summed E-state index contributed by atoms with van der Waals surface area (Å²) in [6, 6.07) is 18.9. The molecular weight excluding hydrogens is 256 g/mol. The predicted molar refractivity (Wildman–Crippen MR) is 89.3 cm³/mol. The lowest BCUT2D eigenvalue weighted by molar-refractivity contribution is 0.516. The highest BCUT2D eigenvalue weighted by atomic mass is 15.2. The van der Waals surface area contributed by atoms with Crippen molar-refractivity contribution in [2.45, 2.75) is 31.3 Å². The zero-order chi connectivity index (χ0) is 14.4. The van der Waals surface area contributed by atoms with Gasteiger partial charge in [0, 0.05) is 37.6 Å². The van der Waals surface area contributed by atoms with E-state index in [0.717, 1.165) is 0 Å². The van der Waals surface area contributed by atoms with Crippen LogP contribution in [-0.2, 0) is 12.8 Å². The molecule has 4 rings (SSSR count). The van der Waals surface area contributed by atoms with E-state index in [0.29, 0.717) is 12.1 Å². The van der Waals surface area contributed by atoms with Crippen molar-refractivity contribution in [2.75, 3.05) is 23.9 Å². The van der Waals surface area contributed by atoms with Gasteiger partial charge in [0.2, 0.25) is 0 Å². The molecule has 0 saturated heterocycles. The second-order valence-corrected chi connectivity index (χ2v) is 6.43. The van der Waals surface area contributed by atoms with Crippen LogP contribution in [0.4, 0.5) is 11.4 Å². The van der Waals surface area contributed by atoms with Crippen LogP contribution in [0.2, 0.25) is 0 Å². The van der Waals surface area contributed by atoms with Crippen molar-refractivity contribution in [3.05, 3.63) is 59.7 Å². The fourth-order valence-corrected chi connectivity index (χ4v) is 4.03. The molecule has 0 aliphatic carbocycles. The largest absolute Gasteiger partial charge is 0.371 e. The lowest BCUT2D eigenvalue weighted by Gasteiger charge is -2.29. The summed E-state index contributed by atoms with van der Waals surface area (Å²) in [4.78, 5) is 4.96. The number of hydrogen-bond acceptors (Lipinski definition) is 2. The Balaban J connectivity index is 1.52. The molecule has 2 nitrogen and oxygen atoms in total. The Morgan fingerprint density at radius 2 is 1.19 bits per heavy atom. The Labute approximate surface area is 127 Å². The van der Waals surface area contributed by atoms with Gasteiger partial charge in [0.05, 0.1) is 0 Å². The van der Waals surface area contributed by atoms with Crippen LogP contribution >= 0.6 is 0 Å². The molecule has 0 saturated carbocycles. The maximum atomic E-state index is 2.48. The van der Waals surface area contributed by atoms with Gasteiger partial charge < -0.3 is 9.80 Å². The lowest BCUT2D eigenvalue weighted by Crippen LogP contribution is -2.37. The molecule has 2 heteroatoms. The molecule has 0 N–H and O–H groups in total. The molecule has 2 heterocycles. The fraction of sp³-hybridized carbons (Fsp3) is 0.368. The number of para-hydroxylation sites is 2. The van der Waals surface area contributed by atoms with E-state index in [4.69, 9.17) is 0 Å². The highest BCUT2D eigenvalue weighted by molar-refractivity contribution is 5.61. The van der Waals surface area contributed by atoms with E-state index in [2.05, 4.69) is 72.4 Å². The molecule has 2 unspecified atom stereocenters. The van der Waals surface area contributed by atoms with Crippen molar-refractivity contribution in [1.82, 2.24) is 0 Å². The van der Waals surface area contributed by atoms with Crippen molar-refractivity contribution < 1.29 is 0 Å². The summed E-state index contributed by atoms with van der Waals surface area (Å²) in [5.41, 5.74) is 5.84. The van der Waals surface area contributed by atoms with Crippen molar-refractivity contribution in [1.29, 1.82) is 0 Å². The minimum absolute atomic E-state index is 0.629. The molecule has 2 aliphatic heterocycles. The van der Waals surface area contributed by atoms with Gasteiger partial charge in [0.1, 0.15) is 0 Å². The van der Waals surface area contributed by atoms with Gasteiger partial charge in [0.15, 0.2) is 0 Å². The number of nitrogens with zero attached hydrogens (tertiary/aromatic N) is 2. The zero-order valence-electron chi connectivity index (χ0n) is 12.8. The van der Waals surface area contributed by atoms with Crippen molar-refractivity contribution in [3.8, 4) is 0 Å². The minimum Gasteiger partial charge on any atom is -0.371 e. The molecule has 2 atom stereocenters. The van der Waals surface area contributed by atoms with Crippen LogP contribution in [-0.4, -0.2) is 26.2 Å². The van der Waals surface area contributed by atoms with E-state index in [1.165, 1.54) is 41.8 Å². The van der Waals surface area contributed by atoms with E-state index in [-0.39, 0.29) is 0 Å². The smallest absolute Gasteiger partial charge is 0.0399 e. The molecule has 0 amide bonds. The Bertz CT molecular complexity index is 607. The van der Waals surface area contributed by atoms with Gasteiger partial charge >= 0.3 is 0 Å². The maximum absolute atomic E-state index is 2.48. The molecular formula is C19H22N2. The number of hydrogen-bond donors (Lipinski definition) is 0. The van der Waals surface area contributed by atoms with Crippen LogP contribution in [0.25, 0.3) is 0 Å². The third-order valence-corrected chi connectivity index (χ3v) is 5.29. The van der Waals surface area contributed by atoms with Crippen LogP contribution in [0, 0.1) is 0 Å². The van der Waals surface area contributed by atoms with Gasteiger partial charge in [-0.1, -0.05) is 36.4 Å². The minimum atomic E-state index is 0.629. The Morgan fingerprint density at radius 1 is 0.762 bits per heavy atom. The van der Waals surface area contributed by atoms with Crippen LogP contribution in [0.5, 0.6) is 0 Å². The predicted octanol–water partition coefficient (Wildman–Crippen LogP) is 3.50. The average molecular weight is 278 g/mol. The standard InChI is InChI=1S/C19H22N2/c1-20-16(11-14-7-3-5-9-18(14)20)13-17-12-15-8-4-6-10-19(15)21(17)2/h3-10,16-17H,11-13H2,1-2H3. The summed E-state index contributed by atoms with van der Waals surface area (Å²) in [5.74, 6) is 0. The first-order valence-corrected chi connectivity index (χ1v) is 7.85. The number of benzene rings is 2. The van der Waals surface area contributed by atoms with E-state index in [1.807, 2.05) is 0 Å². The van der Waals surface area contributed by atoms with Gasteiger partial charge in [0.25, 0.3) is 0 Å². The first kappa shape index (κ1) is 12.8. The molecule has 2 aliphatic rings. The number of anilines is 2. The van der Waals surface area contributed by atoms with E-state index >= 15 is 0 Å². The summed E-state index contributed by atoms with van der Waals surface area (Å²) in [6.07, 6.45) is 3.61. The highest BCUT2D eigenvalue weighted by Crippen LogP contribution is 2.37. The summed E-state index contributed by atoms with van der Waals surface area (Å²) in [7, 11) is 4.50. The van der Waals surface area contributed by atoms with Gasteiger partial charge in [-0.3, -0.25) is 0 Å². The number of likely N-dealkylation sites (N-methyl/N-ethyl adjacent to an activating group) is 2. The Hall–Kier alpha value is -1.96. The molecule has 108 valence electrons. The second kappa shape index (κ2) is 4.80. The van der Waals surface area contributed by atoms with Gasteiger partial charge in [-0.15, -0.1) is 0 Å². The third kappa shape index (κ3) is 2.01. The molecule has 0 aromatic heterocycles. The average Bonchev–Trinajstić information content (AvgIpc) is 2.99. The zero-order valence-corrected chi connectivity index (χ0v) is 12.8.